The van der Waals surface area contributed by atoms with E-state index in [4.69, 9.17) is 23.2 Å². The Morgan fingerprint density at radius 3 is 2.38 bits per heavy atom. The van der Waals surface area contributed by atoms with E-state index >= 15 is 0 Å². The molecule has 2 N–H and O–H groups in total. The van der Waals surface area contributed by atoms with Gasteiger partial charge in [-0.3, -0.25) is 14.9 Å². The van der Waals surface area contributed by atoms with Crippen molar-refractivity contribution in [1.29, 1.82) is 0 Å². The Hall–Kier alpha value is -2.35. The quantitative estimate of drug-likeness (QED) is 0.526. The number of phenols is 1. The number of aromatic hydroxyl groups is 1. The van der Waals surface area contributed by atoms with Crippen LogP contribution < -0.4 is 10.2 Å². The molecule has 0 spiro atoms. The molecule has 0 bridgehead atoms. The van der Waals surface area contributed by atoms with Crippen molar-refractivity contribution in [3.05, 3.63) is 62.1 Å². The van der Waals surface area contributed by atoms with E-state index in [0.717, 1.165) is 4.90 Å². The fourth-order valence-corrected chi connectivity index (χ4v) is 3.29. The van der Waals surface area contributed by atoms with Gasteiger partial charge in [0, 0.05) is 15.1 Å². The molecule has 0 saturated carbocycles. The minimum absolute atomic E-state index is 0.0422. The Morgan fingerprint density at radius 1 is 1.08 bits per heavy atom. The second-order valence-corrected chi connectivity index (χ2v) is 7.02. The van der Waals surface area contributed by atoms with Crippen LogP contribution in [-0.2, 0) is 9.59 Å². The fraction of sp³-hybridized carbons (Fsp3) is 0. The molecule has 0 radical (unpaired) electrons. The van der Waals surface area contributed by atoms with E-state index < -0.39 is 17.8 Å². The van der Waals surface area contributed by atoms with Gasteiger partial charge in [0.2, 0.25) is 0 Å². The zero-order valence-electron chi connectivity index (χ0n) is 12.8. The van der Waals surface area contributed by atoms with Crippen LogP contribution in [0, 0.1) is 0 Å². The maximum Gasteiger partial charge on any atom is 0.335 e. The van der Waals surface area contributed by atoms with E-state index in [2.05, 4.69) is 21.2 Å². The monoisotopic (exact) mass is 454 g/mol. The highest BCUT2D eigenvalue weighted by atomic mass is 79.9. The Labute approximate surface area is 166 Å². The average molecular weight is 456 g/mol. The van der Waals surface area contributed by atoms with Gasteiger partial charge in [-0.1, -0.05) is 39.1 Å². The number of nitrogens with zero attached hydrogens (tertiary/aromatic N) is 1. The lowest BCUT2D eigenvalue weighted by molar-refractivity contribution is -0.122. The Bertz CT molecular complexity index is 973. The Balaban J connectivity index is 2.07. The van der Waals surface area contributed by atoms with Crippen LogP contribution in [0.5, 0.6) is 5.75 Å². The lowest BCUT2D eigenvalue weighted by Gasteiger charge is -2.26. The normalized spacial score (nSPS) is 16.2. The highest BCUT2D eigenvalue weighted by Gasteiger charge is 2.37. The lowest BCUT2D eigenvalue weighted by atomic mass is 10.1. The molecule has 0 aromatic heterocycles. The van der Waals surface area contributed by atoms with E-state index in [1.165, 1.54) is 42.5 Å². The summed E-state index contributed by atoms with van der Waals surface area (Å²) in [4.78, 5) is 37.8. The number of nitrogens with one attached hydrogen (secondary N) is 1. The minimum atomic E-state index is -0.879. The van der Waals surface area contributed by atoms with Gasteiger partial charge >= 0.3 is 6.03 Å². The molecule has 26 heavy (non-hydrogen) atoms. The zero-order chi connectivity index (χ0) is 19.0. The van der Waals surface area contributed by atoms with Crippen molar-refractivity contribution in [3.8, 4) is 5.75 Å². The van der Waals surface area contributed by atoms with Crippen molar-refractivity contribution in [2.24, 2.45) is 0 Å². The van der Waals surface area contributed by atoms with Gasteiger partial charge in [0.25, 0.3) is 11.8 Å². The summed E-state index contributed by atoms with van der Waals surface area (Å²) in [7, 11) is 0. The van der Waals surface area contributed by atoms with Crippen molar-refractivity contribution in [1.82, 2.24) is 5.32 Å². The molecule has 3 rings (SSSR count). The zero-order valence-corrected chi connectivity index (χ0v) is 15.9. The van der Waals surface area contributed by atoms with Crippen LogP contribution in [-0.4, -0.2) is 23.0 Å². The molecule has 9 heteroatoms. The number of phenolic OH excluding ortho intramolecular Hbond substituents is 1. The summed E-state index contributed by atoms with van der Waals surface area (Å²) in [5.74, 6) is -2.00. The maximum atomic E-state index is 12.7. The molecule has 1 aliphatic rings. The lowest BCUT2D eigenvalue weighted by Crippen LogP contribution is -2.54. The molecule has 6 nitrogen and oxygen atoms in total. The van der Waals surface area contributed by atoms with Crippen LogP contribution >= 0.6 is 39.1 Å². The summed E-state index contributed by atoms with van der Waals surface area (Å²) in [6, 6.07) is 8.04. The Morgan fingerprint density at radius 2 is 1.73 bits per heavy atom. The highest BCUT2D eigenvalue weighted by Crippen LogP contribution is 2.33. The third-order valence-corrected chi connectivity index (χ3v) is 4.54. The van der Waals surface area contributed by atoms with Crippen molar-refractivity contribution in [2.45, 2.75) is 0 Å². The summed E-state index contributed by atoms with van der Waals surface area (Å²) in [5.41, 5.74) is 0.0593. The molecule has 0 aliphatic carbocycles. The maximum absolute atomic E-state index is 12.7. The molecular formula is C17H9BrCl2N2O4. The van der Waals surface area contributed by atoms with Gasteiger partial charge in [-0.2, -0.15) is 0 Å². The van der Waals surface area contributed by atoms with Crippen LogP contribution in [0.2, 0.25) is 10.0 Å². The van der Waals surface area contributed by atoms with Crippen molar-refractivity contribution < 1.29 is 19.5 Å². The van der Waals surface area contributed by atoms with Gasteiger partial charge in [0.15, 0.2) is 0 Å². The number of benzene rings is 2. The number of rotatable bonds is 2. The average Bonchev–Trinajstić information content (AvgIpc) is 2.57. The number of hydrogen-bond acceptors (Lipinski definition) is 4. The number of urea groups is 1. The fourth-order valence-electron chi connectivity index (χ4n) is 2.33. The van der Waals surface area contributed by atoms with Gasteiger partial charge < -0.3 is 5.11 Å². The standard InChI is InChI=1S/C17H9BrCl2N2O4/c18-9-5-8(14(23)13(20)7-9)6-12-15(24)21-17(26)22(16(12)25)11-3-1-10(19)2-4-11/h1-7,23H,(H,21,24,26). The van der Waals surface area contributed by atoms with Gasteiger partial charge in [-0.05, 0) is 42.5 Å². The predicted molar refractivity (Wildman–Crippen MR) is 101 cm³/mol. The summed E-state index contributed by atoms with van der Waals surface area (Å²) in [6.45, 7) is 0. The molecule has 0 atom stereocenters. The predicted octanol–water partition coefficient (Wildman–Crippen LogP) is 4.13. The molecule has 1 saturated heterocycles. The van der Waals surface area contributed by atoms with Crippen LogP contribution in [0.4, 0.5) is 10.5 Å². The van der Waals surface area contributed by atoms with Gasteiger partial charge in [-0.25, -0.2) is 9.69 Å². The van der Waals surface area contributed by atoms with Gasteiger partial charge in [0.05, 0.1) is 10.7 Å². The SMILES string of the molecule is O=C1NC(=O)N(c2ccc(Cl)cc2)C(=O)C1=Cc1cc(Br)cc(Cl)c1O. The highest BCUT2D eigenvalue weighted by molar-refractivity contribution is 9.10. The molecule has 0 unspecified atom stereocenters. The van der Waals surface area contributed by atoms with Gasteiger partial charge in [-0.15, -0.1) is 0 Å². The number of imide groups is 2. The molecular weight excluding hydrogens is 447 g/mol. The van der Waals surface area contributed by atoms with E-state index in [-0.39, 0.29) is 27.6 Å². The minimum Gasteiger partial charge on any atom is -0.506 e. The van der Waals surface area contributed by atoms with Crippen molar-refractivity contribution >= 4 is 68.7 Å². The number of anilines is 1. The smallest absolute Gasteiger partial charge is 0.335 e. The first-order valence-corrected chi connectivity index (χ1v) is 8.68. The van der Waals surface area contributed by atoms with Crippen molar-refractivity contribution in [2.75, 3.05) is 4.90 Å². The van der Waals surface area contributed by atoms with Crippen molar-refractivity contribution in [3.63, 3.8) is 0 Å². The number of hydrogen-bond donors (Lipinski definition) is 2. The molecule has 132 valence electrons. The van der Waals surface area contributed by atoms with Crippen LogP contribution in [0.25, 0.3) is 6.08 Å². The number of carbonyl (C=O) groups excluding carboxylic acids is 3. The third kappa shape index (κ3) is 3.46. The molecule has 4 amide bonds. The molecule has 2 aromatic carbocycles. The number of barbiturate groups is 1. The van der Waals surface area contributed by atoms with Crippen LogP contribution in [0.1, 0.15) is 5.56 Å². The second kappa shape index (κ2) is 7.11. The number of amides is 4. The first-order chi connectivity index (χ1) is 12.3. The van der Waals surface area contributed by atoms with Crippen LogP contribution in [0.3, 0.4) is 0 Å². The first kappa shape index (κ1) is 18.4. The molecule has 1 heterocycles. The summed E-state index contributed by atoms with van der Waals surface area (Å²) in [5, 5.41) is 12.6. The van der Waals surface area contributed by atoms with E-state index in [0.29, 0.717) is 9.50 Å². The Kier molecular flexibility index (Phi) is 5.04. The van der Waals surface area contributed by atoms with Crippen LogP contribution in [0.15, 0.2) is 46.4 Å². The largest absolute Gasteiger partial charge is 0.506 e. The van der Waals surface area contributed by atoms with E-state index in [1.54, 1.807) is 0 Å². The van der Waals surface area contributed by atoms with E-state index in [9.17, 15) is 19.5 Å². The molecule has 1 fully saturated rings. The first-order valence-electron chi connectivity index (χ1n) is 7.13. The summed E-state index contributed by atoms with van der Waals surface area (Å²) >= 11 is 14.9. The summed E-state index contributed by atoms with van der Waals surface area (Å²) < 4.78 is 0.543. The van der Waals surface area contributed by atoms with E-state index in [1.807, 2.05) is 0 Å². The second-order valence-electron chi connectivity index (χ2n) is 5.26. The van der Waals surface area contributed by atoms with Gasteiger partial charge in [0.1, 0.15) is 11.3 Å². The number of carbonyl (C=O) groups is 3. The molecule has 1 aliphatic heterocycles. The summed E-state index contributed by atoms with van der Waals surface area (Å²) in [6.07, 6.45) is 1.17. The number of halogens is 3. The molecule has 2 aromatic rings. The third-order valence-electron chi connectivity index (χ3n) is 3.54. The topological polar surface area (TPSA) is 86.7 Å².